The van der Waals surface area contributed by atoms with Crippen LogP contribution < -0.4 is 5.32 Å². The molecule has 1 heterocycles. The number of hydrogen-bond donors (Lipinski definition) is 1. The van der Waals surface area contributed by atoms with Gasteiger partial charge in [0.2, 0.25) is 5.91 Å². The highest BCUT2D eigenvalue weighted by Crippen LogP contribution is 2.65. The molecule has 0 spiro atoms. The standard InChI is InChI=1S/C18H32N2O/c1-17(2)14-7-9-18(17,3)15(13-14)19-16(21)8-12-20-10-5-4-6-11-20/h14-15H,4-13H2,1-3H3,(H,19,21)/t14-,15-,18-/m1/s1. The second kappa shape index (κ2) is 5.57. The Kier molecular flexibility index (Phi) is 4.06. The molecular weight excluding hydrogens is 260 g/mol. The van der Waals surface area contributed by atoms with Gasteiger partial charge in [0.05, 0.1) is 0 Å². The third-order valence-electron chi connectivity index (χ3n) is 7.23. The Morgan fingerprint density at radius 2 is 1.90 bits per heavy atom. The highest BCUT2D eigenvalue weighted by molar-refractivity contribution is 5.76. The number of carbonyl (C=O) groups is 1. The highest BCUT2D eigenvalue weighted by Gasteiger charge is 2.61. The van der Waals surface area contributed by atoms with Crippen molar-refractivity contribution in [1.82, 2.24) is 10.2 Å². The molecule has 1 saturated heterocycles. The maximum absolute atomic E-state index is 12.3. The smallest absolute Gasteiger partial charge is 0.221 e. The second-order valence-electron chi connectivity index (χ2n) is 8.38. The van der Waals surface area contributed by atoms with Crippen LogP contribution in [0.3, 0.4) is 0 Å². The Hall–Kier alpha value is -0.570. The van der Waals surface area contributed by atoms with Crippen molar-refractivity contribution < 1.29 is 4.79 Å². The normalized spacial score (nSPS) is 38.6. The number of amides is 1. The van der Waals surface area contributed by atoms with Gasteiger partial charge in [-0.1, -0.05) is 27.2 Å². The summed E-state index contributed by atoms with van der Waals surface area (Å²) in [6.07, 6.45) is 8.47. The van der Waals surface area contributed by atoms with Crippen LogP contribution >= 0.6 is 0 Å². The second-order valence-corrected chi connectivity index (χ2v) is 8.38. The van der Waals surface area contributed by atoms with Gasteiger partial charge in [0.25, 0.3) is 0 Å². The quantitative estimate of drug-likeness (QED) is 0.863. The van der Waals surface area contributed by atoms with Crippen molar-refractivity contribution in [3.05, 3.63) is 0 Å². The highest BCUT2D eigenvalue weighted by atomic mass is 16.1. The molecule has 0 aromatic carbocycles. The molecule has 1 N–H and O–H groups in total. The molecule has 0 aromatic rings. The summed E-state index contributed by atoms with van der Waals surface area (Å²) in [4.78, 5) is 14.8. The number of nitrogens with one attached hydrogen (secondary N) is 1. The summed E-state index contributed by atoms with van der Waals surface area (Å²) < 4.78 is 0. The van der Waals surface area contributed by atoms with Crippen LogP contribution in [-0.4, -0.2) is 36.5 Å². The van der Waals surface area contributed by atoms with Crippen molar-refractivity contribution >= 4 is 5.91 Å². The largest absolute Gasteiger partial charge is 0.353 e. The summed E-state index contributed by atoms with van der Waals surface area (Å²) in [7, 11) is 0. The molecule has 2 saturated carbocycles. The summed E-state index contributed by atoms with van der Waals surface area (Å²) in [6, 6.07) is 0.403. The number of hydrogen-bond acceptors (Lipinski definition) is 2. The Morgan fingerprint density at radius 1 is 1.19 bits per heavy atom. The zero-order valence-corrected chi connectivity index (χ0v) is 14.1. The van der Waals surface area contributed by atoms with Crippen molar-refractivity contribution in [2.45, 2.75) is 71.8 Å². The summed E-state index contributed by atoms with van der Waals surface area (Å²) in [5.41, 5.74) is 0.691. The molecule has 3 heteroatoms. The third-order valence-corrected chi connectivity index (χ3v) is 7.23. The van der Waals surface area contributed by atoms with Crippen molar-refractivity contribution in [2.24, 2.45) is 16.7 Å². The van der Waals surface area contributed by atoms with Crippen molar-refractivity contribution in [3.8, 4) is 0 Å². The lowest BCUT2D eigenvalue weighted by molar-refractivity contribution is -0.123. The van der Waals surface area contributed by atoms with Crippen LogP contribution in [0.1, 0.15) is 65.7 Å². The van der Waals surface area contributed by atoms with E-state index in [1.165, 1.54) is 51.6 Å². The molecule has 1 amide bonds. The van der Waals surface area contributed by atoms with Gasteiger partial charge < -0.3 is 10.2 Å². The number of piperidine rings is 1. The van der Waals surface area contributed by atoms with Crippen molar-refractivity contribution in [3.63, 3.8) is 0 Å². The fourth-order valence-corrected chi connectivity index (χ4v) is 5.13. The molecule has 2 bridgehead atoms. The van der Waals surface area contributed by atoms with Crippen LogP contribution in [0.2, 0.25) is 0 Å². The van der Waals surface area contributed by atoms with Gasteiger partial charge in [-0.3, -0.25) is 4.79 Å². The van der Waals surface area contributed by atoms with Crippen LogP contribution in [0.15, 0.2) is 0 Å². The van der Waals surface area contributed by atoms with Gasteiger partial charge in [0, 0.05) is 19.0 Å². The van der Waals surface area contributed by atoms with Gasteiger partial charge in [-0.15, -0.1) is 0 Å². The molecule has 3 aliphatic rings. The average Bonchev–Trinajstić information content (AvgIpc) is 2.79. The Bertz CT molecular complexity index is 400. The van der Waals surface area contributed by atoms with E-state index in [2.05, 4.69) is 31.0 Å². The first kappa shape index (κ1) is 15.3. The Balaban J connectivity index is 1.49. The molecule has 0 aromatic heterocycles. The van der Waals surface area contributed by atoms with Crippen LogP contribution in [-0.2, 0) is 4.79 Å². The zero-order chi connectivity index (χ0) is 15.1. The van der Waals surface area contributed by atoms with Gasteiger partial charge in [-0.05, 0) is 61.9 Å². The maximum atomic E-state index is 12.3. The van der Waals surface area contributed by atoms with E-state index in [1.807, 2.05) is 0 Å². The van der Waals surface area contributed by atoms with Gasteiger partial charge in [0.1, 0.15) is 0 Å². The van der Waals surface area contributed by atoms with Crippen LogP contribution in [0.25, 0.3) is 0 Å². The zero-order valence-electron chi connectivity index (χ0n) is 14.1. The molecule has 2 aliphatic carbocycles. The van der Waals surface area contributed by atoms with Gasteiger partial charge in [-0.2, -0.15) is 0 Å². The molecule has 3 rings (SSSR count). The Labute approximate surface area is 129 Å². The number of carbonyl (C=O) groups excluding carboxylic acids is 1. The monoisotopic (exact) mass is 292 g/mol. The van der Waals surface area contributed by atoms with E-state index in [1.54, 1.807) is 0 Å². The van der Waals surface area contributed by atoms with Crippen LogP contribution in [0, 0.1) is 16.7 Å². The lowest BCUT2D eigenvalue weighted by Crippen LogP contribution is -2.47. The third kappa shape index (κ3) is 2.62. The molecule has 0 unspecified atom stereocenters. The minimum atomic E-state index is 0.273. The van der Waals surface area contributed by atoms with E-state index in [0.717, 1.165) is 12.5 Å². The maximum Gasteiger partial charge on any atom is 0.221 e. The van der Waals surface area contributed by atoms with E-state index in [-0.39, 0.29) is 5.91 Å². The number of likely N-dealkylation sites (tertiary alicyclic amines) is 1. The van der Waals surface area contributed by atoms with E-state index in [9.17, 15) is 4.79 Å². The minimum Gasteiger partial charge on any atom is -0.353 e. The summed E-state index contributed by atoms with van der Waals surface area (Å²) in [5, 5.41) is 3.38. The first-order valence-corrected chi connectivity index (χ1v) is 8.95. The first-order chi connectivity index (χ1) is 9.93. The molecule has 0 radical (unpaired) electrons. The Morgan fingerprint density at radius 3 is 2.48 bits per heavy atom. The lowest BCUT2D eigenvalue weighted by atomic mass is 9.69. The lowest BCUT2D eigenvalue weighted by Gasteiger charge is -2.39. The van der Waals surface area contributed by atoms with E-state index >= 15 is 0 Å². The number of nitrogens with zero attached hydrogens (tertiary/aromatic N) is 1. The van der Waals surface area contributed by atoms with Crippen LogP contribution in [0.4, 0.5) is 0 Å². The fraction of sp³-hybridized carbons (Fsp3) is 0.944. The van der Waals surface area contributed by atoms with Gasteiger partial charge >= 0.3 is 0 Å². The predicted molar refractivity (Wildman–Crippen MR) is 86.1 cm³/mol. The number of rotatable bonds is 4. The van der Waals surface area contributed by atoms with Crippen molar-refractivity contribution in [2.75, 3.05) is 19.6 Å². The van der Waals surface area contributed by atoms with E-state index in [0.29, 0.717) is 23.3 Å². The minimum absolute atomic E-state index is 0.273. The van der Waals surface area contributed by atoms with E-state index in [4.69, 9.17) is 0 Å². The van der Waals surface area contributed by atoms with E-state index < -0.39 is 0 Å². The van der Waals surface area contributed by atoms with Crippen LogP contribution in [0.5, 0.6) is 0 Å². The first-order valence-electron chi connectivity index (χ1n) is 8.95. The molecule has 1 aliphatic heterocycles. The molecule has 3 nitrogen and oxygen atoms in total. The fourth-order valence-electron chi connectivity index (χ4n) is 5.13. The summed E-state index contributed by atoms with van der Waals surface area (Å²) in [6.45, 7) is 10.5. The molecular formula is C18H32N2O. The predicted octanol–water partition coefficient (Wildman–Crippen LogP) is 3.19. The topological polar surface area (TPSA) is 32.3 Å². The van der Waals surface area contributed by atoms with Gasteiger partial charge in [0.15, 0.2) is 0 Å². The average molecular weight is 292 g/mol. The molecule has 3 atom stereocenters. The summed E-state index contributed by atoms with van der Waals surface area (Å²) >= 11 is 0. The molecule has 21 heavy (non-hydrogen) atoms. The number of fused-ring (bicyclic) bond motifs is 2. The van der Waals surface area contributed by atoms with Gasteiger partial charge in [-0.25, -0.2) is 0 Å². The molecule has 120 valence electrons. The van der Waals surface area contributed by atoms with Crippen molar-refractivity contribution in [1.29, 1.82) is 0 Å². The SMILES string of the molecule is CC1(C)[C@@H]2CC[C@]1(C)[C@H](NC(=O)CCN1CCCCC1)C2. The molecule has 3 fully saturated rings. The summed E-state index contributed by atoms with van der Waals surface area (Å²) in [5.74, 6) is 1.07.